The van der Waals surface area contributed by atoms with E-state index in [2.05, 4.69) is 4.98 Å². The van der Waals surface area contributed by atoms with Crippen molar-refractivity contribution < 1.29 is 63.0 Å². The maximum absolute atomic E-state index is 14.9. The number of aryl methyl sites for hydroxylation is 1. The molecule has 4 rings (SSSR count). The number of carboxylic acids is 1. The number of fused-ring (bicyclic) bond motifs is 1. The van der Waals surface area contributed by atoms with E-state index in [-0.39, 0.29) is 16.6 Å². The topological polar surface area (TPSA) is 113 Å². The summed E-state index contributed by atoms with van der Waals surface area (Å²) in [6.45, 7) is 2.34. The molecule has 0 aliphatic heterocycles. The van der Waals surface area contributed by atoms with E-state index in [1.165, 1.54) is 6.92 Å². The number of nitrogens with one attached hydrogen (secondary N) is 2. The predicted octanol–water partition coefficient (Wildman–Crippen LogP) is 7.40. The minimum atomic E-state index is -5.16. The Bertz CT molecular complexity index is 2050. The number of carbonyl (C=O) groups is 2. The van der Waals surface area contributed by atoms with Crippen LogP contribution in [0.2, 0.25) is 0 Å². The van der Waals surface area contributed by atoms with Crippen LogP contribution in [-0.4, -0.2) is 44.8 Å². The molecule has 2 aromatic heterocycles. The first-order chi connectivity index (χ1) is 23.4. The Balaban J connectivity index is 1.80. The molecule has 4 aromatic rings. The number of hydrogen-bond acceptors (Lipinski definition) is 5. The summed E-state index contributed by atoms with van der Waals surface area (Å²) in [5.74, 6) is -6.85. The number of carboxylic acid groups (broad SMARTS) is 1. The third-order valence-corrected chi connectivity index (χ3v) is 7.92. The van der Waals surface area contributed by atoms with Gasteiger partial charge in [0.25, 0.3) is 11.5 Å². The van der Waals surface area contributed by atoms with Crippen LogP contribution in [0, 0.1) is 18.6 Å². The highest BCUT2D eigenvalue weighted by Crippen LogP contribution is 2.40. The lowest BCUT2D eigenvalue weighted by Crippen LogP contribution is -2.43. The van der Waals surface area contributed by atoms with Crippen molar-refractivity contribution in [2.75, 3.05) is 5.32 Å². The minimum Gasteiger partial charge on any atom is -0.480 e. The Labute approximate surface area is 279 Å². The van der Waals surface area contributed by atoms with Crippen LogP contribution in [0.4, 0.5) is 54.0 Å². The van der Waals surface area contributed by atoms with E-state index in [9.17, 15) is 67.8 Å². The Hall–Kier alpha value is -5.23. The normalized spacial score (nSPS) is 13.6. The number of aliphatic carboxylic acids is 1. The number of aromatic nitrogens is 2. The van der Waals surface area contributed by atoms with Crippen LogP contribution in [0.25, 0.3) is 22.0 Å². The number of halogens is 11. The molecule has 3 N–H and O–H groups in total. The molecule has 0 unspecified atom stereocenters. The molecule has 0 bridgehead atoms. The molecule has 2 aromatic carbocycles. The summed E-state index contributed by atoms with van der Waals surface area (Å²) >= 11 is 0. The largest absolute Gasteiger partial charge is 0.480 e. The highest BCUT2D eigenvalue weighted by Gasteiger charge is 2.40. The third-order valence-electron chi connectivity index (χ3n) is 7.92. The lowest BCUT2D eigenvalue weighted by atomic mass is 9.92. The van der Waals surface area contributed by atoms with Crippen LogP contribution in [-0.2, 0) is 30.6 Å². The summed E-state index contributed by atoms with van der Waals surface area (Å²) in [6, 6.07) is 0.104. The maximum Gasteiger partial charge on any atom is 0.433 e. The van der Waals surface area contributed by atoms with Gasteiger partial charge in [-0.15, -0.1) is 0 Å². The molecule has 0 saturated carbocycles. The van der Waals surface area contributed by atoms with Crippen LogP contribution in [0.5, 0.6) is 0 Å². The highest BCUT2D eigenvalue weighted by molar-refractivity contribution is 5.99. The number of benzene rings is 2. The van der Waals surface area contributed by atoms with Crippen LogP contribution in [0.15, 0.2) is 47.3 Å². The van der Waals surface area contributed by atoms with Crippen molar-refractivity contribution in [3.8, 4) is 11.1 Å². The molecule has 0 radical (unpaired) electrons. The average molecular weight is 739 g/mol. The lowest BCUT2D eigenvalue weighted by molar-refractivity contribution is -0.143. The van der Waals surface area contributed by atoms with Crippen LogP contribution >= 0.6 is 0 Å². The average Bonchev–Trinajstić information content (AvgIpc) is 3.00. The number of hydrogen-bond donors (Lipinski definition) is 3. The molecule has 51 heavy (non-hydrogen) atoms. The molecule has 274 valence electrons. The molecule has 0 aliphatic rings. The fourth-order valence-electron chi connectivity index (χ4n) is 5.26. The second kappa shape index (κ2) is 13.8. The van der Waals surface area contributed by atoms with E-state index in [0.29, 0.717) is 24.3 Å². The Morgan fingerprint density at radius 2 is 1.53 bits per heavy atom. The molecule has 0 aliphatic carbocycles. The Morgan fingerprint density at radius 1 is 0.922 bits per heavy atom. The fourth-order valence-corrected chi connectivity index (χ4v) is 5.26. The SMILES string of the molecule is CC[C@@H](Nc1cc(F)c(C(=O)N[C@@H](Cc2ccc(-c3c(C(F)(F)F)cc(C)n(C)c3=O)c3nc(C(F)(F)F)ccc23)C(=O)O)c(F)c1)C(F)(F)F. The highest BCUT2D eigenvalue weighted by atomic mass is 19.4. The van der Waals surface area contributed by atoms with Gasteiger partial charge in [0.15, 0.2) is 0 Å². The second-order valence-electron chi connectivity index (χ2n) is 11.3. The van der Waals surface area contributed by atoms with E-state index in [4.69, 9.17) is 0 Å². The number of amides is 1. The molecule has 0 fully saturated rings. The van der Waals surface area contributed by atoms with Gasteiger partial charge in [-0.25, -0.2) is 18.6 Å². The Kier molecular flexibility index (Phi) is 10.5. The van der Waals surface area contributed by atoms with Crippen molar-refractivity contribution in [3.05, 3.63) is 92.5 Å². The van der Waals surface area contributed by atoms with Crippen molar-refractivity contribution in [2.45, 2.75) is 57.3 Å². The quantitative estimate of drug-likeness (QED) is 0.154. The maximum atomic E-state index is 14.9. The standard InChI is InChI=1S/C32H25F11N4O4/c1-4-22(31(38,39)40)44-15-11-19(33)25(20(34)12-15)27(48)45-21(29(50)51)10-14-5-6-17(26-16(14)7-8-23(46-26)32(41,42)43)24-18(30(35,36)37)9-13(2)47(3)28(24)49/h5-9,11-12,21-22,44H,4,10H2,1-3H3,(H,45,48)(H,50,51)/t21-,22+/m0/s1. The number of anilines is 1. The van der Waals surface area contributed by atoms with Crippen molar-refractivity contribution >= 4 is 28.5 Å². The molecule has 2 atom stereocenters. The molecule has 1 amide bonds. The van der Waals surface area contributed by atoms with Crippen molar-refractivity contribution in [2.24, 2.45) is 7.05 Å². The smallest absolute Gasteiger partial charge is 0.433 e. The second-order valence-corrected chi connectivity index (χ2v) is 11.3. The number of nitrogens with zero attached hydrogens (tertiary/aromatic N) is 2. The van der Waals surface area contributed by atoms with E-state index in [0.717, 1.165) is 36.7 Å². The summed E-state index contributed by atoms with van der Waals surface area (Å²) in [6.07, 6.45) is -16.4. The number of pyridine rings is 2. The molecule has 8 nitrogen and oxygen atoms in total. The van der Waals surface area contributed by atoms with Gasteiger partial charge in [-0.05, 0) is 43.2 Å². The summed E-state index contributed by atoms with van der Waals surface area (Å²) < 4.78 is 153. The summed E-state index contributed by atoms with van der Waals surface area (Å²) in [5.41, 5.74) is -9.23. The van der Waals surface area contributed by atoms with Gasteiger partial charge in [-0.1, -0.05) is 25.1 Å². The predicted molar refractivity (Wildman–Crippen MR) is 160 cm³/mol. The van der Waals surface area contributed by atoms with Crippen LogP contribution in [0.1, 0.15) is 46.2 Å². The van der Waals surface area contributed by atoms with Crippen LogP contribution < -0.4 is 16.2 Å². The third kappa shape index (κ3) is 8.06. The number of alkyl halides is 9. The van der Waals surface area contributed by atoms with Crippen molar-refractivity contribution in [1.82, 2.24) is 14.9 Å². The zero-order valence-electron chi connectivity index (χ0n) is 26.3. The molecule has 2 heterocycles. The minimum absolute atomic E-state index is 0.133. The molecule has 0 saturated heterocycles. The van der Waals surface area contributed by atoms with Gasteiger partial charge in [-0.3, -0.25) is 9.59 Å². The Morgan fingerprint density at radius 3 is 2.04 bits per heavy atom. The van der Waals surface area contributed by atoms with Gasteiger partial charge in [-0.2, -0.15) is 39.5 Å². The monoisotopic (exact) mass is 738 g/mol. The van der Waals surface area contributed by atoms with Gasteiger partial charge < -0.3 is 20.3 Å². The van der Waals surface area contributed by atoms with E-state index < -0.39 is 112 Å². The van der Waals surface area contributed by atoms with Crippen LogP contribution in [0.3, 0.4) is 0 Å². The lowest BCUT2D eigenvalue weighted by Gasteiger charge is -2.22. The van der Waals surface area contributed by atoms with E-state index >= 15 is 0 Å². The number of carbonyl (C=O) groups excluding carboxylic acids is 1. The zero-order valence-corrected chi connectivity index (χ0v) is 26.3. The zero-order chi connectivity index (χ0) is 38.4. The van der Waals surface area contributed by atoms with Gasteiger partial charge in [0.1, 0.15) is 35.0 Å². The molecule has 0 spiro atoms. The van der Waals surface area contributed by atoms with Gasteiger partial charge in [0, 0.05) is 35.8 Å². The van der Waals surface area contributed by atoms with Crippen molar-refractivity contribution in [1.29, 1.82) is 0 Å². The fraction of sp³-hybridized carbons (Fsp3) is 0.312. The van der Waals surface area contributed by atoms with Gasteiger partial charge in [0.05, 0.1) is 16.6 Å². The summed E-state index contributed by atoms with van der Waals surface area (Å²) in [7, 11) is 1.13. The summed E-state index contributed by atoms with van der Waals surface area (Å²) in [4.78, 5) is 41.7. The molecular formula is C32H25F11N4O4. The van der Waals surface area contributed by atoms with E-state index in [1.54, 1.807) is 0 Å². The first kappa shape index (κ1) is 38.6. The first-order valence-corrected chi connectivity index (χ1v) is 14.6. The first-order valence-electron chi connectivity index (χ1n) is 14.6. The molecule has 19 heteroatoms. The van der Waals surface area contributed by atoms with Gasteiger partial charge >= 0.3 is 24.5 Å². The number of rotatable bonds is 9. The van der Waals surface area contributed by atoms with Gasteiger partial charge in [0.2, 0.25) is 0 Å². The van der Waals surface area contributed by atoms with E-state index in [1.807, 2.05) is 10.6 Å². The summed E-state index contributed by atoms with van der Waals surface area (Å²) in [5, 5.41) is 13.2. The molecular weight excluding hydrogens is 713 g/mol. The van der Waals surface area contributed by atoms with Crippen molar-refractivity contribution in [3.63, 3.8) is 0 Å².